The summed E-state index contributed by atoms with van der Waals surface area (Å²) in [5.41, 5.74) is 4.48. The Hall–Kier alpha value is -2.94. The number of fused-ring (bicyclic) bond motifs is 1. The van der Waals surface area contributed by atoms with Gasteiger partial charge in [-0.05, 0) is 37.8 Å². The fraction of sp³-hybridized carbons (Fsp3) is 0.619. The minimum absolute atomic E-state index is 0.173. The third kappa shape index (κ3) is 3.85. The Bertz CT molecular complexity index is 1020. The minimum Gasteiger partial charge on any atom is -0.431 e. The van der Waals surface area contributed by atoms with Gasteiger partial charge in [0.25, 0.3) is 0 Å². The van der Waals surface area contributed by atoms with Gasteiger partial charge in [-0.3, -0.25) is 0 Å². The second-order valence-corrected chi connectivity index (χ2v) is 8.38. The van der Waals surface area contributed by atoms with E-state index in [0.29, 0.717) is 11.4 Å². The number of ether oxygens (including phenoxy) is 3. The molecule has 0 bridgehead atoms. The van der Waals surface area contributed by atoms with Gasteiger partial charge >= 0.3 is 6.16 Å². The molecule has 4 rings (SSSR count). The maximum absolute atomic E-state index is 12.2. The van der Waals surface area contributed by atoms with Crippen LogP contribution in [0.3, 0.4) is 0 Å². The zero-order valence-electron chi connectivity index (χ0n) is 17.8. The molecule has 5 atom stereocenters. The van der Waals surface area contributed by atoms with Crippen molar-refractivity contribution in [2.45, 2.75) is 69.0 Å². The highest BCUT2D eigenvalue weighted by molar-refractivity contribution is 5.66. The minimum atomic E-state index is -1.94. The molecule has 4 N–H and O–H groups in total. The number of aliphatic hydroxyl groups is 2. The molecule has 2 fully saturated rings. The van der Waals surface area contributed by atoms with Crippen LogP contribution >= 0.6 is 0 Å². The number of carbonyl (C=O) groups is 1. The first kappa shape index (κ1) is 22.3. The molecule has 0 aromatic carbocycles. The molecule has 1 saturated heterocycles. The fourth-order valence-corrected chi connectivity index (χ4v) is 4.59. The van der Waals surface area contributed by atoms with Crippen molar-refractivity contribution >= 4 is 17.5 Å². The van der Waals surface area contributed by atoms with Gasteiger partial charge < -0.3 is 30.2 Å². The number of carbonyl (C=O) groups excluding carboxylic acids is 1. The first-order valence-electron chi connectivity index (χ1n) is 10.7. The average Bonchev–Trinajstić information content (AvgIpc) is 3.34. The standard InChI is InChI=1S/C21H27N5O6/c1-12(13-5-3-2-4-6-13)31-20(29)30-9-15-17(27)18(28)21(10-22,32-15)16-8-7-14-19(23)24-11-25-26(14)16/h7-8,11-13,15,17-18,27-28H,2-6,9H2,1H3,(H2,23,24,25)/t12-,15-,17-,18-,21+/m1/s1. The van der Waals surface area contributed by atoms with Crippen molar-refractivity contribution in [2.75, 3.05) is 12.3 Å². The van der Waals surface area contributed by atoms with E-state index in [-0.39, 0.29) is 17.6 Å². The third-order valence-electron chi connectivity index (χ3n) is 6.45. The summed E-state index contributed by atoms with van der Waals surface area (Å²) >= 11 is 0. The van der Waals surface area contributed by atoms with Crippen LogP contribution in [0.1, 0.15) is 44.7 Å². The first-order valence-corrected chi connectivity index (χ1v) is 10.7. The number of anilines is 1. The highest BCUT2D eigenvalue weighted by Crippen LogP contribution is 2.40. The zero-order chi connectivity index (χ0) is 22.9. The summed E-state index contributed by atoms with van der Waals surface area (Å²) in [4.78, 5) is 16.1. The Kier molecular flexibility index (Phi) is 6.19. The lowest BCUT2D eigenvalue weighted by Gasteiger charge is -2.27. The van der Waals surface area contributed by atoms with Gasteiger partial charge in [0.1, 0.15) is 48.9 Å². The van der Waals surface area contributed by atoms with E-state index < -0.39 is 36.7 Å². The second-order valence-electron chi connectivity index (χ2n) is 8.38. The molecule has 2 aromatic rings. The van der Waals surface area contributed by atoms with E-state index in [4.69, 9.17) is 19.9 Å². The summed E-state index contributed by atoms with van der Waals surface area (Å²) in [6.45, 7) is 1.45. The maximum atomic E-state index is 12.2. The third-order valence-corrected chi connectivity index (χ3v) is 6.45. The lowest BCUT2D eigenvalue weighted by atomic mass is 9.86. The number of hydrogen-bond donors (Lipinski definition) is 3. The van der Waals surface area contributed by atoms with Crippen molar-refractivity contribution in [2.24, 2.45) is 5.92 Å². The number of aromatic nitrogens is 3. The fourth-order valence-electron chi connectivity index (χ4n) is 4.59. The summed E-state index contributed by atoms with van der Waals surface area (Å²) < 4.78 is 17.6. The SMILES string of the molecule is C[C@@H](OC(=O)OC[C@H]1O[C@@](C#N)(c2ccc3c(N)ncnn23)[C@H](O)[C@@H]1O)C1CCCCC1. The van der Waals surface area contributed by atoms with Crippen molar-refractivity contribution in [3.05, 3.63) is 24.2 Å². The van der Waals surface area contributed by atoms with Crippen LogP contribution < -0.4 is 5.73 Å². The molecule has 3 heterocycles. The Morgan fingerprint density at radius 2 is 2.16 bits per heavy atom. The first-order chi connectivity index (χ1) is 15.4. The molecular weight excluding hydrogens is 418 g/mol. The normalized spacial score (nSPS) is 29.5. The van der Waals surface area contributed by atoms with E-state index >= 15 is 0 Å². The van der Waals surface area contributed by atoms with Gasteiger partial charge in [0.05, 0.1) is 5.69 Å². The number of nitrogens with zero attached hydrogens (tertiary/aromatic N) is 4. The van der Waals surface area contributed by atoms with Crippen LogP contribution in [0.4, 0.5) is 10.6 Å². The Balaban J connectivity index is 1.44. The van der Waals surface area contributed by atoms with Crippen LogP contribution in [-0.4, -0.2) is 62.0 Å². The van der Waals surface area contributed by atoms with Crippen molar-refractivity contribution in [1.82, 2.24) is 14.6 Å². The Morgan fingerprint density at radius 1 is 1.41 bits per heavy atom. The van der Waals surface area contributed by atoms with Gasteiger partial charge in [0.15, 0.2) is 5.82 Å². The second kappa shape index (κ2) is 8.90. The smallest absolute Gasteiger partial charge is 0.431 e. The lowest BCUT2D eigenvalue weighted by Crippen LogP contribution is -2.41. The number of nitriles is 1. The molecule has 1 aliphatic carbocycles. The summed E-state index contributed by atoms with van der Waals surface area (Å²) in [5.74, 6) is 0.483. The van der Waals surface area contributed by atoms with Crippen LogP contribution in [-0.2, 0) is 19.8 Å². The van der Waals surface area contributed by atoms with Crippen LogP contribution in [0, 0.1) is 17.2 Å². The molecule has 2 aromatic heterocycles. The molecule has 11 heteroatoms. The molecule has 11 nitrogen and oxygen atoms in total. The highest BCUT2D eigenvalue weighted by Gasteiger charge is 2.57. The molecule has 1 saturated carbocycles. The van der Waals surface area contributed by atoms with E-state index in [2.05, 4.69) is 10.1 Å². The van der Waals surface area contributed by atoms with Crippen LogP contribution in [0.15, 0.2) is 18.5 Å². The van der Waals surface area contributed by atoms with Gasteiger partial charge in [0, 0.05) is 0 Å². The van der Waals surface area contributed by atoms with Crippen molar-refractivity contribution < 1.29 is 29.2 Å². The summed E-state index contributed by atoms with van der Waals surface area (Å²) in [7, 11) is 0. The number of aliphatic hydroxyl groups excluding tert-OH is 2. The number of nitrogen functional groups attached to an aromatic ring is 1. The van der Waals surface area contributed by atoms with E-state index in [1.807, 2.05) is 13.0 Å². The van der Waals surface area contributed by atoms with E-state index in [9.17, 15) is 20.3 Å². The Labute approximate surface area is 184 Å². The van der Waals surface area contributed by atoms with Gasteiger partial charge in [0.2, 0.25) is 5.60 Å². The van der Waals surface area contributed by atoms with Gasteiger partial charge in [-0.15, -0.1) is 0 Å². The topological polar surface area (TPSA) is 165 Å². The number of nitrogens with two attached hydrogens (primary N) is 1. The van der Waals surface area contributed by atoms with E-state index in [0.717, 1.165) is 25.7 Å². The van der Waals surface area contributed by atoms with E-state index in [1.165, 1.54) is 23.3 Å². The molecule has 0 spiro atoms. The summed E-state index contributed by atoms with van der Waals surface area (Å²) in [5, 5.41) is 35.2. The predicted octanol–water partition coefficient (Wildman–Crippen LogP) is 1.27. The number of rotatable bonds is 5. The van der Waals surface area contributed by atoms with Crippen molar-refractivity contribution in [3.63, 3.8) is 0 Å². The molecule has 172 valence electrons. The number of hydrogen-bond acceptors (Lipinski definition) is 10. The molecule has 1 aliphatic heterocycles. The predicted molar refractivity (Wildman–Crippen MR) is 110 cm³/mol. The summed E-state index contributed by atoms with van der Waals surface area (Å²) in [6, 6.07) is 5.04. The molecule has 0 radical (unpaired) electrons. The zero-order valence-corrected chi connectivity index (χ0v) is 17.8. The van der Waals surface area contributed by atoms with Crippen molar-refractivity contribution in [1.29, 1.82) is 5.26 Å². The quantitative estimate of drug-likeness (QED) is 0.571. The molecule has 0 amide bonds. The van der Waals surface area contributed by atoms with Crippen LogP contribution in [0.25, 0.3) is 5.52 Å². The largest absolute Gasteiger partial charge is 0.508 e. The molecular formula is C21H27N5O6. The van der Waals surface area contributed by atoms with Crippen LogP contribution in [0.5, 0.6) is 0 Å². The molecule has 2 aliphatic rings. The van der Waals surface area contributed by atoms with Gasteiger partial charge in [-0.1, -0.05) is 19.3 Å². The van der Waals surface area contributed by atoms with Crippen molar-refractivity contribution in [3.8, 4) is 6.07 Å². The summed E-state index contributed by atoms with van der Waals surface area (Å²) in [6.07, 6.45) is 1.26. The van der Waals surface area contributed by atoms with Crippen LogP contribution in [0.2, 0.25) is 0 Å². The monoisotopic (exact) mass is 445 g/mol. The maximum Gasteiger partial charge on any atom is 0.508 e. The van der Waals surface area contributed by atoms with Gasteiger partial charge in [-0.2, -0.15) is 10.4 Å². The average molecular weight is 445 g/mol. The highest BCUT2D eigenvalue weighted by atomic mass is 16.7. The molecule has 32 heavy (non-hydrogen) atoms. The van der Waals surface area contributed by atoms with Gasteiger partial charge in [-0.25, -0.2) is 14.3 Å². The lowest BCUT2D eigenvalue weighted by molar-refractivity contribution is -0.0766. The van der Waals surface area contributed by atoms with E-state index in [1.54, 1.807) is 6.07 Å². The molecule has 0 unspecified atom stereocenters. The Morgan fingerprint density at radius 3 is 2.88 bits per heavy atom.